The molecular weight excluding hydrogens is 258 g/mol. The molecule has 1 N–H and O–H groups in total. The van der Waals surface area contributed by atoms with Gasteiger partial charge in [0.2, 0.25) is 0 Å². The maximum Gasteiger partial charge on any atom is 0.251 e. The Morgan fingerprint density at radius 1 is 0.857 bits per heavy atom. The van der Waals surface area contributed by atoms with Gasteiger partial charge in [-0.2, -0.15) is 0 Å². The first kappa shape index (κ1) is 15.3. The minimum Gasteiger partial charge on any atom is -0.347 e. The third-order valence-electron chi connectivity index (χ3n) is 3.21. The Bertz CT molecular complexity index is 648. The van der Waals surface area contributed by atoms with Crippen molar-refractivity contribution in [1.29, 1.82) is 0 Å². The molecule has 0 fully saturated rings. The predicted octanol–water partition coefficient (Wildman–Crippen LogP) is 4.50. The molecule has 21 heavy (non-hydrogen) atoms. The number of amides is 1. The minimum absolute atomic E-state index is 0.0282. The van der Waals surface area contributed by atoms with Crippen LogP contribution in [0.3, 0.4) is 0 Å². The van der Waals surface area contributed by atoms with Crippen molar-refractivity contribution >= 4 is 5.91 Å². The van der Waals surface area contributed by atoms with Crippen molar-refractivity contribution in [1.82, 2.24) is 5.32 Å². The summed E-state index contributed by atoms with van der Waals surface area (Å²) in [4.78, 5) is 12.3. The lowest BCUT2D eigenvalue weighted by Crippen LogP contribution is -2.40. The summed E-state index contributed by atoms with van der Waals surface area (Å²) in [5.74, 6) is -0.0282. The minimum atomic E-state index is -0.231. The molecule has 0 saturated heterocycles. The number of benzene rings is 2. The summed E-state index contributed by atoms with van der Waals surface area (Å²) in [6.07, 6.45) is 0. The summed E-state index contributed by atoms with van der Waals surface area (Å²) in [6.45, 7) is 10.1. The zero-order valence-corrected chi connectivity index (χ0v) is 13.4. The van der Waals surface area contributed by atoms with E-state index in [-0.39, 0.29) is 11.4 Å². The Hall–Kier alpha value is -2.09. The fourth-order valence-corrected chi connectivity index (χ4v) is 2.24. The largest absolute Gasteiger partial charge is 0.347 e. The number of hydrogen-bond donors (Lipinski definition) is 1. The zero-order valence-electron chi connectivity index (χ0n) is 13.4. The second kappa shape index (κ2) is 5.72. The lowest BCUT2D eigenvalue weighted by Gasteiger charge is -2.21. The molecule has 0 atom stereocenters. The molecule has 110 valence electrons. The molecule has 2 aromatic carbocycles. The van der Waals surface area contributed by atoms with E-state index in [0.29, 0.717) is 5.56 Å². The number of nitrogens with one attached hydrogen (secondary N) is 1. The van der Waals surface area contributed by atoms with E-state index < -0.39 is 0 Å². The Labute approximate surface area is 127 Å². The summed E-state index contributed by atoms with van der Waals surface area (Å²) < 4.78 is 0. The van der Waals surface area contributed by atoms with Crippen LogP contribution in [0.1, 0.15) is 42.3 Å². The van der Waals surface area contributed by atoms with Crippen molar-refractivity contribution in [2.24, 2.45) is 0 Å². The van der Waals surface area contributed by atoms with E-state index in [2.05, 4.69) is 42.6 Å². The highest BCUT2D eigenvalue weighted by molar-refractivity contribution is 5.96. The van der Waals surface area contributed by atoms with Gasteiger partial charge in [-0.3, -0.25) is 4.79 Å². The second-order valence-corrected chi connectivity index (χ2v) is 6.66. The molecule has 0 aliphatic rings. The Balaban J connectivity index is 2.37. The van der Waals surface area contributed by atoms with E-state index in [9.17, 15) is 4.79 Å². The standard InChI is InChI=1S/C19H23NO/c1-13-6-8-15(9-7-13)16-10-14(2)11-17(12-16)18(21)20-19(3,4)5/h6-12H,1-5H3,(H,20,21). The molecule has 0 bridgehead atoms. The van der Waals surface area contributed by atoms with Crippen LogP contribution in [0, 0.1) is 13.8 Å². The fraction of sp³-hybridized carbons (Fsp3) is 0.316. The van der Waals surface area contributed by atoms with Crippen molar-refractivity contribution in [3.05, 3.63) is 59.2 Å². The Kier molecular flexibility index (Phi) is 4.17. The molecule has 2 rings (SSSR count). The van der Waals surface area contributed by atoms with Gasteiger partial charge in [-0.1, -0.05) is 35.9 Å². The maximum atomic E-state index is 12.3. The van der Waals surface area contributed by atoms with Crippen LogP contribution in [0.4, 0.5) is 0 Å². The number of aryl methyl sites for hydroxylation is 2. The van der Waals surface area contributed by atoms with Crippen LogP contribution in [0.15, 0.2) is 42.5 Å². The highest BCUT2D eigenvalue weighted by Crippen LogP contribution is 2.23. The van der Waals surface area contributed by atoms with Gasteiger partial charge >= 0.3 is 0 Å². The average molecular weight is 281 g/mol. The molecule has 0 saturated carbocycles. The van der Waals surface area contributed by atoms with E-state index in [1.807, 2.05) is 39.8 Å². The number of carbonyl (C=O) groups is 1. The van der Waals surface area contributed by atoms with E-state index in [1.165, 1.54) is 5.56 Å². The lowest BCUT2D eigenvalue weighted by atomic mass is 9.98. The van der Waals surface area contributed by atoms with Gasteiger partial charge in [0.05, 0.1) is 0 Å². The van der Waals surface area contributed by atoms with E-state index in [0.717, 1.165) is 16.7 Å². The summed E-state index contributed by atoms with van der Waals surface area (Å²) in [5.41, 5.74) is 5.01. The molecule has 2 nitrogen and oxygen atoms in total. The fourth-order valence-electron chi connectivity index (χ4n) is 2.24. The second-order valence-electron chi connectivity index (χ2n) is 6.66. The highest BCUT2D eigenvalue weighted by atomic mass is 16.1. The van der Waals surface area contributed by atoms with Gasteiger partial charge < -0.3 is 5.32 Å². The van der Waals surface area contributed by atoms with E-state index in [4.69, 9.17) is 0 Å². The molecular formula is C19H23NO. The van der Waals surface area contributed by atoms with Crippen LogP contribution in [-0.2, 0) is 0 Å². The molecule has 0 aliphatic carbocycles. The summed E-state index contributed by atoms with van der Waals surface area (Å²) in [6, 6.07) is 14.4. The Morgan fingerprint density at radius 3 is 2.05 bits per heavy atom. The van der Waals surface area contributed by atoms with Crippen LogP contribution in [0.5, 0.6) is 0 Å². The van der Waals surface area contributed by atoms with Gasteiger partial charge in [-0.15, -0.1) is 0 Å². The quantitative estimate of drug-likeness (QED) is 0.862. The molecule has 2 aromatic rings. The molecule has 0 aromatic heterocycles. The average Bonchev–Trinajstić information content (AvgIpc) is 2.36. The van der Waals surface area contributed by atoms with Crippen LogP contribution in [-0.4, -0.2) is 11.4 Å². The van der Waals surface area contributed by atoms with Crippen molar-refractivity contribution < 1.29 is 4.79 Å². The van der Waals surface area contributed by atoms with Gasteiger partial charge in [0.15, 0.2) is 0 Å². The first-order valence-corrected chi connectivity index (χ1v) is 7.26. The van der Waals surface area contributed by atoms with Gasteiger partial charge in [0.1, 0.15) is 0 Å². The summed E-state index contributed by atoms with van der Waals surface area (Å²) in [7, 11) is 0. The number of rotatable bonds is 2. The first-order chi connectivity index (χ1) is 9.74. The topological polar surface area (TPSA) is 29.1 Å². The summed E-state index contributed by atoms with van der Waals surface area (Å²) in [5, 5.41) is 3.01. The Morgan fingerprint density at radius 2 is 1.48 bits per heavy atom. The molecule has 0 spiro atoms. The maximum absolute atomic E-state index is 12.3. The van der Waals surface area contributed by atoms with Crippen molar-refractivity contribution in [2.75, 3.05) is 0 Å². The molecule has 0 unspecified atom stereocenters. The predicted molar refractivity (Wildman–Crippen MR) is 88.6 cm³/mol. The van der Waals surface area contributed by atoms with Crippen molar-refractivity contribution in [3.8, 4) is 11.1 Å². The molecule has 1 amide bonds. The molecule has 2 heteroatoms. The zero-order chi connectivity index (χ0) is 15.6. The van der Waals surface area contributed by atoms with Crippen molar-refractivity contribution in [3.63, 3.8) is 0 Å². The molecule has 0 aliphatic heterocycles. The van der Waals surface area contributed by atoms with Crippen LogP contribution in [0.25, 0.3) is 11.1 Å². The van der Waals surface area contributed by atoms with Crippen LogP contribution in [0.2, 0.25) is 0 Å². The van der Waals surface area contributed by atoms with Gasteiger partial charge in [0.25, 0.3) is 5.91 Å². The monoisotopic (exact) mass is 281 g/mol. The first-order valence-electron chi connectivity index (χ1n) is 7.26. The van der Waals surface area contributed by atoms with E-state index in [1.54, 1.807) is 0 Å². The van der Waals surface area contributed by atoms with Crippen LogP contribution < -0.4 is 5.32 Å². The van der Waals surface area contributed by atoms with Crippen molar-refractivity contribution in [2.45, 2.75) is 40.2 Å². The smallest absolute Gasteiger partial charge is 0.251 e. The van der Waals surface area contributed by atoms with E-state index >= 15 is 0 Å². The number of hydrogen-bond acceptors (Lipinski definition) is 1. The normalized spacial score (nSPS) is 11.3. The number of carbonyl (C=O) groups excluding carboxylic acids is 1. The SMILES string of the molecule is Cc1ccc(-c2cc(C)cc(C(=O)NC(C)(C)C)c2)cc1. The lowest BCUT2D eigenvalue weighted by molar-refractivity contribution is 0.0919. The molecule has 0 radical (unpaired) electrons. The third-order valence-corrected chi connectivity index (χ3v) is 3.21. The van der Waals surface area contributed by atoms with Crippen LogP contribution >= 0.6 is 0 Å². The van der Waals surface area contributed by atoms with Gasteiger partial charge in [-0.25, -0.2) is 0 Å². The highest BCUT2D eigenvalue weighted by Gasteiger charge is 2.16. The summed E-state index contributed by atoms with van der Waals surface area (Å²) >= 11 is 0. The molecule has 0 heterocycles. The van der Waals surface area contributed by atoms with Gasteiger partial charge in [0, 0.05) is 11.1 Å². The third kappa shape index (κ3) is 4.19. The van der Waals surface area contributed by atoms with Gasteiger partial charge in [-0.05, 0) is 63.4 Å².